The van der Waals surface area contributed by atoms with Crippen LogP contribution in [0.15, 0.2) is 77.3 Å². The molecule has 4 rings (SSSR count). The van der Waals surface area contributed by atoms with Crippen LogP contribution in [0.2, 0.25) is 0 Å². The first-order valence-electron chi connectivity index (χ1n) is 9.80. The summed E-state index contributed by atoms with van der Waals surface area (Å²) in [5.41, 5.74) is 2.91. The molecule has 0 aliphatic rings. The van der Waals surface area contributed by atoms with Crippen molar-refractivity contribution in [1.29, 1.82) is 0 Å². The van der Waals surface area contributed by atoms with Crippen LogP contribution >= 0.6 is 0 Å². The number of benzene rings is 3. The second-order valence-electron chi connectivity index (χ2n) is 6.91. The molecule has 0 saturated heterocycles. The lowest BCUT2D eigenvalue weighted by molar-refractivity contribution is -0.114. The van der Waals surface area contributed by atoms with Gasteiger partial charge in [0.1, 0.15) is 5.75 Å². The summed E-state index contributed by atoms with van der Waals surface area (Å²) in [5.74, 6) is 0.889. The maximum atomic E-state index is 12.9. The van der Waals surface area contributed by atoms with Gasteiger partial charge in [-0.05, 0) is 60.7 Å². The normalized spacial score (nSPS) is 10.4. The van der Waals surface area contributed by atoms with Crippen LogP contribution in [0.3, 0.4) is 0 Å². The first-order valence-corrected chi connectivity index (χ1v) is 9.80. The van der Waals surface area contributed by atoms with Crippen molar-refractivity contribution < 1.29 is 18.8 Å². The molecule has 0 aliphatic carbocycles. The standard InChI is InChI=1S/C24H20N4O4/c1-15(29)25-17-9-11-18(12-10-17)26-23(30)20-5-3-4-6-21(20)24-27-22(28-32-24)16-7-13-19(31-2)14-8-16/h3-14H,1-2H3,(H,25,29)(H,26,30). The average Bonchev–Trinajstić information content (AvgIpc) is 3.30. The smallest absolute Gasteiger partial charge is 0.259 e. The second-order valence-corrected chi connectivity index (χ2v) is 6.91. The molecule has 0 saturated carbocycles. The van der Waals surface area contributed by atoms with Gasteiger partial charge in [-0.25, -0.2) is 0 Å². The number of carbonyl (C=O) groups is 2. The van der Waals surface area contributed by atoms with E-state index in [0.717, 1.165) is 11.3 Å². The van der Waals surface area contributed by atoms with E-state index < -0.39 is 0 Å². The summed E-state index contributed by atoms with van der Waals surface area (Å²) < 4.78 is 10.6. The fourth-order valence-corrected chi connectivity index (χ4v) is 3.10. The van der Waals surface area contributed by atoms with E-state index in [9.17, 15) is 9.59 Å². The number of aromatic nitrogens is 2. The maximum Gasteiger partial charge on any atom is 0.259 e. The van der Waals surface area contributed by atoms with Crippen LogP contribution in [0, 0.1) is 0 Å². The van der Waals surface area contributed by atoms with Crippen molar-refractivity contribution >= 4 is 23.2 Å². The topological polar surface area (TPSA) is 106 Å². The number of ether oxygens (including phenoxy) is 1. The molecular formula is C24H20N4O4. The van der Waals surface area contributed by atoms with E-state index in [1.54, 1.807) is 55.6 Å². The molecule has 4 aromatic rings. The molecular weight excluding hydrogens is 408 g/mol. The van der Waals surface area contributed by atoms with Crippen molar-refractivity contribution in [1.82, 2.24) is 10.1 Å². The van der Waals surface area contributed by atoms with Gasteiger partial charge in [-0.15, -0.1) is 0 Å². The predicted octanol–water partition coefficient (Wildman–Crippen LogP) is 4.62. The number of hydrogen-bond acceptors (Lipinski definition) is 6. The van der Waals surface area contributed by atoms with Crippen molar-refractivity contribution in [2.45, 2.75) is 6.92 Å². The SMILES string of the molecule is COc1ccc(-c2noc(-c3ccccc3C(=O)Nc3ccc(NC(C)=O)cc3)n2)cc1. The zero-order valence-electron chi connectivity index (χ0n) is 17.5. The number of rotatable bonds is 6. The highest BCUT2D eigenvalue weighted by atomic mass is 16.5. The Balaban J connectivity index is 1.55. The zero-order valence-corrected chi connectivity index (χ0v) is 17.5. The van der Waals surface area contributed by atoms with E-state index >= 15 is 0 Å². The van der Waals surface area contributed by atoms with E-state index in [0.29, 0.717) is 28.3 Å². The van der Waals surface area contributed by atoms with E-state index in [2.05, 4.69) is 20.8 Å². The Hall–Kier alpha value is -4.46. The molecule has 0 aliphatic heterocycles. The molecule has 0 atom stereocenters. The van der Waals surface area contributed by atoms with Crippen LogP contribution in [-0.4, -0.2) is 29.1 Å². The molecule has 8 nitrogen and oxygen atoms in total. The number of nitrogens with one attached hydrogen (secondary N) is 2. The highest BCUT2D eigenvalue weighted by Gasteiger charge is 2.18. The lowest BCUT2D eigenvalue weighted by Gasteiger charge is -2.09. The minimum atomic E-state index is -0.322. The minimum Gasteiger partial charge on any atom is -0.497 e. The highest BCUT2D eigenvalue weighted by Crippen LogP contribution is 2.27. The van der Waals surface area contributed by atoms with Gasteiger partial charge in [0.2, 0.25) is 11.7 Å². The Morgan fingerprint density at radius 2 is 1.53 bits per heavy atom. The lowest BCUT2D eigenvalue weighted by atomic mass is 10.1. The predicted molar refractivity (Wildman–Crippen MR) is 120 cm³/mol. The van der Waals surface area contributed by atoms with Crippen molar-refractivity contribution in [3.8, 4) is 28.6 Å². The molecule has 2 N–H and O–H groups in total. The lowest BCUT2D eigenvalue weighted by Crippen LogP contribution is -2.13. The largest absolute Gasteiger partial charge is 0.497 e. The number of amides is 2. The monoisotopic (exact) mass is 428 g/mol. The molecule has 3 aromatic carbocycles. The molecule has 0 spiro atoms. The van der Waals surface area contributed by atoms with Gasteiger partial charge in [-0.1, -0.05) is 17.3 Å². The van der Waals surface area contributed by atoms with Gasteiger partial charge in [-0.3, -0.25) is 9.59 Å². The van der Waals surface area contributed by atoms with Gasteiger partial charge < -0.3 is 19.9 Å². The highest BCUT2D eigenvalue weighted by molar-refractivity contribution is 6.08. The van der Waals surface area contributed by atoms with Crippen molar-refractivity contribution in [2.24, 2.45) is 0 Å². The quantitative estimate of drug-likeness (QED) is 0.464. The molecule has 160 valence electrons. The van der Waals surface area contributed by atoms with Crippen LogP contribution in [0.4, 0.5) is 11.4 Å². The van der Waals surface area contributed by atoms with Crippen LogP contribution in [0.5, 0.6) is 5.75 Å². The summed E-state index contributed by atoms with van der Waals surface area (Å²) >= 11 is 0. The third kappa shape index (κ3) is 4.65. The Labute approximate surface area is 184 Å². The van der Waals surface area contributed by atoms with E-state index in [1.165, 1.54) is 6.92 Å². The van der Waals surface area contributed by atoms with Crippen LogP contribution in [-0.2, 0) is 4.79 Å². The fourth-order valence-electron chi connectivity index (χ4n) is 3.10. The first kappa shape index (κ1) is 20.8. The molecule has 1 aromatic heterocycles. The summed E-state index contributed by atoms with van der Waals surface area (Å²) in [7, 11) is 1.60. The van der Waals surface area contributed by atoms with Crippen LogP contribution < -0.4 is 15.4 Å². The third-order valence-electron chi connectivity index (χ3n) is 4.64. The molecule has 32 heavy (non-hydrogen) atoms. The molecule has 0 unspecified atom stereocenters. The van der Waals surface area contributed by atoms with Gasteiger partial charge in [-0.2, -0.15) is 4.98 Å². The summed E-state index contributed by atoms with van der Waals surface area (Å²) in [5, 5.41) is 9.57. The Kier molecular flexibility index (Phi) is 5.94. The van der Waals surface area contributed by atoms with Crippen molar-refractivity contribution in [3.63, 3.8) is 0 Å². The van der Waals surface area contributed by atoms with Gasteiger partial charge in [0.15, 0.2) is 0 Å². The molecule has 0 bridgehead atoms. The van der Waals surface area contributed by atoms with Crippen molar-refractivity contribution in [2.75, 3.05) is 17.7 Å². The van der Waals surface area contributed by atoms with Gasteiger partial charge in [0.25, 0.3) is 11.8 Å². The Morgan fingerprint density at radius 1 is 0.875 bits per heavy atom. The molecule has 1 heterocycles. The van der Waals surface area contributed by atoms with Gasteiger partial charge in [0.05, 0.1) is 18.2 Å². The van der Waals surface area contributed by atoms with E-state index in [1.807, 2.05) is 24.3 Å². The van der Waals surface area contributed by atoms with E-state index in [4.69, 9.17) is 9.26 Å². The number of anilines is 2. The molecule has 0 fully saturated rings. The molecule has 2 amide bonds. The van der Waals surface area contributed by atoms with Gasteiger partial charge in [0, 0.05) is 23.9 Å². The average molecular weight is 428 g/mol. The number of methoxy groups -OCH3 is 1. The van der Waals surface area contributed by atoms with Crippen LogP contribution in [0.1, 0.15) is 17.3 Å². The first-order chi connectivity index (χ1) is 15.5. The number of hydrogen-bond donors (Lipinski definition) is 2. The van der Waals surface area contributed by atoms with E-state index in [-0.39, 0.29) is 17.7 Å². The number of nitrogens with zero attached hydrogens (tertiary/aromatic N) is 2. The van der Waals surface area contributed by atoms with Crippen molar-refractivity contribution in [3.05, 3.63) is 78.4 Å². The molecule has 8 heteroatoms. The Morgan fingerprint density at radius 3 is 2.19 bits per heavy atom. The minimum absolute atomic E-state index is 0.163. The van der Waals surface area contributed by atoms with Gasteiger partial charge >= 0.3 is 0 Å². The maximum absolute atomic E-state index is 12.9. The second kappa shape index (κ2) is 9.13. The third-order valence-corrected chi connectivity index (χ3v) is 4.64. The fraction of sp³-hybridized carbons (Fsp3) is 0.0833. The summed E-state index contributed by atoms with van der Waals surface area (Å²) in [6, 6.07) is 21.1. The summed E-state index contributed by atoms with van der Waals surface area (Å²) in [6.45, 7) is 1.43. The summed E-state index contributed by atoms with van der Waals surface area (Å²) in [6.07, 6.45) is 0. The zero-order chi connectivity index (χ0) is 22.5. The van der Waals surface area contributed by atoms with Crippen LogP contribution in [0.25, 0.3) is 22.8 Å². The summed E-state index contributed by atoms with van der Waals surface area (Å²) in [4.78, 5) is 28.5. The number of carbonyl (C=O) groups excluding carboxylic acids is 2. The molecule has 0 radical (unpaired) electrons. The Bertz CT molecular complexity index is 1250.